The Morgan fingerprint density at radius 2 is 1.64 bits per heavy atom. The van der Waals surface area contributed by atoms with Crippen LogP contribution in [-0.2, 0) is 21.3 Å². The number of sulfonamides is 1. The predicted molar refractivity (Wildman–Crippen MR) is 128 cm³/mol. The number of hydrogen-bond acceptors (Lipinski definition) is 6. The topological polar surface area (TPSA) is 98.0 Å². The highest BCUT2D eigenvalue weighted by molar-refractivity contribution is 7.89. The lowest BCUT2D eigenvalue weighted by Gasteiger charge is -2.18. The second-order valence-electron chi connectivity index (χ2n) is 7.06. The van der Waals surface area contributed by atoms with Crippen LogP contribution in [0.3, 0.4) is 0 Å². The zero-order valence-corrected chi connectivity index (χ0v) is 20.7. The number of esters is 1. The van der Waals surface area contributed by atoms with Gasteiger partial charge >= 0.3 is 5.97 Å². The van der Waals surface area contributed by atoms with Crippen molar-refractivity contribution >= 4 is 43.5 Å². The summed E-state index contributed by atoms with van der Waals surface area (Å²) in [5.74, 6) is -0.869. The summed E-state index contributed by atoms with van der Waals surface area (Å²) in [7, 11) is -3.59. The number of thiazole rings is 1. The third-order valence-corrected chi connectivity index (χ3v) is 8.26. The van der Waals surface area contributed by atoms with Crippen molar-refractivity contribution in [1.82, 2.24) is 8.87 Å². The SMILES string of the molecule is CCOC(=O)c1ccc2c(c1)sc(=NC(=O)c1ccc(S(=O)(=O)N(CC)CC)cc1)n2CC. The van der Waals surface area contributed by atoms with Gasteiger partial charge in [0.1, 0.15) is 0 Å². The molecule has 0 fully saturated rings. The van der Waals surface area contributed by atoms with Crippen LogP contribution in [0, 0.1) is 0 Å². The van der Waals surface area contributed by atoms with Crippen LogP contribution in [0.2, 0.25) is 0 Å². The molecule has 1 heterocycles. The largest absolute Gasteiger partial charge is 0.462 e. The van der Waals surface area contributed by atoms with Gasteiger partial charge in [-0.05, 0) is 56.3 Å². The highest BCUT2D eigenvalue weighted by Crippen LogP contribution is 2.21. The van der Waals surface area contributed by atoms with Crippen molar-refractivity contribution in [2.75, 3.05) is 19.7 Å². The third-order valence-electron chi connectivity index (χ3n) is 5.15. The summed E-state index contributed by atoms with van der Waals surface area (Å²) in [6.45, 7) is 8.88. The second-order valence-corrected chi connectivity index (χ2v) is 10.0. The van der Waals surface area contributed by atoms with Gasteiger partial charge in [0.25, 0.3) is 5.91 Å². The molecule has 0 spiro atoms. The Balaban J connectivity index is 1.96. The molecule has 0 aliphatic heterocycles. The standard InChI is InChI=1S/C23H27N3O5S2/c1-5-25(6-2)33(29,30)18-12-9-16(10-13-18)21(27)24-23-26(7-3)19-14-11-17(15-20(19)32-23)22(28)31-8-4/h9-15H,5-8H2,1-4H3. The number of fused-ring (bicyclic) bond motifs is 1. The highest BCUT2D eigenvalue weighted by Gasteiger charge is 2.21. The molecular formula is C23H27N3O5S2. The Kier molecular flexibility index (Phi) is 7.83. The highest BCUT2D eigenvalue weighted by atomic mass is 32.2. The summed E-state index contributed by atoms with van der Waals surface area (Å²) in [4.78, 5) is 29.8. The van der Waals surface area contributed by atoms with Crippen molar-refractivity contribution in [3.63, 3.8) is 0 Å². The lowest BCUT2D eigenvalue weighted by atomic mass is 10.2. The lowest BCUT2D eigenvalue weighted by molar-refractivity contribution is 0.0526. The molecule has 0 atom stereocenters. The average Bonchev–Trinajstić information content (AvgIpc) is 3.15. The van der Waals surface area contributed by atoms with Gasteiger partial charge in [0.15, 0.2) is 4.80 Å². The molecule has 0 aliphatic carbocycles. The van der Waals surface area contributed by atoms with Crippen molar-refractivity contribution < 1.29 is 22.7 Å². The Labute approximate surface area is 197 Å². The molecule has 1 aromatic heterocycles. The molecule has 0 N–H and O–H groups in total. The van der Waals surface area contributed by atoms with Crippen LogP contribution >= 0.6 is 11.3 Å². The molecule has 0 saturated heterocycles. The van der Waals surface area contributed by atoms with Crippen LogP contribution in [0.5, 0.6) is 0 Å². The van der Waals surface area contributed by atoms with Crippen molar-refractivity contribution in [3.8, 4) is 0 Å². The molecule has 0 unspecified atom stereocenters. The van der Waals surface area contributed by atoms with E-state index in [2.05, 4.69) is 4.99 Å². The van der Waals surface area contributed by atoms with E-state index in [1.165, 1.54) is 39.9 Å². The van der Waals surface area contributed by atoms with E-state index in [0.717, 1.165) is 10.2 Å². The van der Waals surface area contributed by atoms with Gasteiger partial charge in [0.2, 0.25) is 10.0 Å². The lowest BCUT2D eigenvalue weighted by Crippen LogP contribution is -2.30. The molecule has 0 radical (unpaired) electrons. The number of ether oxygens (including phenoxy) is 1. The molecule has 8 nitrogen and oxygen atoms in total. The van der Waals surface area contributed by atoms with Crippen LogP contribution in [0.1, 0.15) is 48.4 Å². The minimum atomic E-state index is -3.59. The fourth-order valence-corrected chi connectivity index (χ4v) is 6.03. The van der Waals surface area contributed by atoms with Crippen LogP contribution in [0.4, 0.5) is 0 Å². The van der Waals surface area contributed by atoms with E-state index in [-0.39, 0.29) is 4.90 Å². The van der Waals surface area contributed by atoms with Crippen molar-refractivity contribution in [3.05, 3.63) is 58.4 Å². The van der Waals surface area contributed by atoms with Gasteiger partial charge in [-0.25, -0.2) is 13.2 Å². The summed E-state index contributed by atoms with van der Waals surface area (Å²) in [5.41, 5.74) is 1.60. The zero-order valence-electron chi connectivity index (χ0n) is 19.1. The first-order chi connectivity index (χ1) is 15.8. The van der Waals surface area contributed by atoms with Crippen LogP contribution in [-0.4, -0.2) is 48.9 Å². The van der Waals surface area contributed by atoms with Gasteiger partial charge in [-0.3, -0.25) is 4.79 Å². The van der Waals surface area contributed by atoms with E-state index in [1.807, 2.05) is 17.6 Å². The molecule has 0 saturated carbocycles. The zero-order chi connectivity index (χ0) is 24.2. The van der Waals surface area contributed by atoms with Gasteiger partial charge in [0, 0.05) is 25.2 Å². The Morgan fingerprint density at radius 1 is 1.00 bits per heavy atom. The molecule has 3 aromatic rings. The predicted octanol–water partition coefficient (Wildman–Crippen LogP) is 3.67. The summed E-state index contributed by atoms with van der Waals surface area (Å²) < 4.78 is 34.4. The molecule has 33 heavy (non-hydrogen) atoms. The quantitative estimate of drug-likeness (QED) is 0.450. The Hall–Kier alpha value is -2.82. The van der Waals surface area contributed by atoms with E-state index >= 15 is 0 Å². The monoisotopic (exact) mass is 489 g/mol. The van der Waals surface area contributed by atoms with E-state index in [0.29, 0.717) is 42.2 Å². The first kappa shape index (κ1) is 24.8. The number of aromatic nitrogens is 1. The average molecular weight is 490 g/mol. The molecule has 176 valence electrons. The molecule has 0 aliphatic rings. The fourth-order valence-electron chi connectivity index (χ4n) is 3.44. The van der Waals surface area contributed by atoms with Gasteiger partial charge in [-0.1, -0.05) is 25.2 Å². The van der Waals surface area contributed by atoms with Gasteiger partial charge in [-0.2, -0.15) is 9.30 Å². The number of amides is 1. The van der Waals surface area contributed by atoms with Gasteiger partial charge in [0.05, 0.1) is 27.3 Å². The maximum atomic E-state index is 12.8. The van der Waals surface area contributed by atoms with Gasteiger partial charge in [-0.15, -0.1) is 0 Å². The Bertz CT molecular complexity index is 1330. The third kappa shape index (κ3) is 5.07. The van der Waals surface area contributed by atoms with E-state index in [1.54, 1.807) is 32.9 Å². The normalized spacial score (nSPS) is 12.5. The van der Waals surface area contributed by atoms with Crippen LogP contribution in [0.15, 0.2) is 52.4 Å². The molecule has 2 aromatic carbocycles. The number of nitrogens with zero attached hydrogens (tertiary/aromatic N) is 3. The Morgan fingerprint density at radius 3 is 2.21 bits per heavy atom. The summed E-state index contributed by atoms with van der Waals surface area (Å²) in [6, 6.07) is 11.1. The van der Waals surface area contributed by atoms with Crippen LogP contribution < -0.4 is 4.80 Å². The number of benzene rings is 2. The molecule has 10 heteroatoms. The number of carbonyl (C=O) groups is 2. The molecule has 3 rings (SSSR count). The molecule has 0 bridgehead atoms. The number of aryl methyl sites for hydroxylation is 1. The smallest absolute Gasteiger partial charge is 0.338 e. The number of hydrogen-bond donors (Lipinski definition) is 0. The summed E-state index contributed by atoms with van der Waals surface area (Å²) >= 11 is 1.30. The maximum Gasteiger partial charge on any atom is 0.338 e. The minimum Gasteiger partial charge on any atom is -0.462 e. The fraction of sp³-hybridized carbons (Fsp3) is 0.348. The van der Waals surface area contributed by atoms with Gasteiger partial charge < -0.3 is 9.30 Å². The summed E-state index contributed by atoms with van der Waals surface area (Å²) in [5, 5.41) is 0. The van der Waals surface area contributed by atoms with E-state index in [4.69, 9.17) is 4.74 Å². The summed E-state index contributed by atoms with van der Waals surface area (Å²) in [6.07, 6.45) is 0. The van der Waals surface area contributed by atoms with E-state index in [9.17, 15) is 18.0 Å². The first-order valence-electron chi connectivity index (χ1n) is 10.8. The van der Waals surface area contributed by atoms with Crippen molar-refractivity contribution in [2.45, 2.75) is 39.1 Å². The number of rotatable bonds is 8. The number of carbonyl (C=O) groups excluding carboxylic acids is 2. The van der Waals surface area contributed by atoms with Crippen molar-refractivity contribution in [2.24, 2.45) is 4.99 Å². The van der Waals surface area contributed by atoms with Crippen LogP contribution in [0.25, 0.3) is 10.2 Å². The minimum absolute atomic E-state index is 0.139. The molecular weight excluding hydrogens is 462 g/mol. The molecule has 1 amide bonds. The van der Waals surface area contributed by atoms with E-state index < -0.39 is 21.9 Å². The maximum absolute atomic E-state index is 12.8. The van der Waals surface area contributed by atoms with Crippen molar-refractivity contribution in [1.29, 1.82) is 0 Å². The second kappa shape index (κ2) is 10.4. The first-order valence-corrected chi connectivity index (χ1v) is 13.0.